The Hall–Kier alpha value is -4.25. The van der Waals surface area contributed by atoms with E-state index < -0.39 is 11.5 Å². The van der Waals surface area contributed by atoms with Crippen molar-refractivity contribution in [1.29, 1.82) is 0 Å². The number of nitrogens with zero attached hydrogens (tertiary/aromatic N) is 5. The summed E-state index contributed by atoms with van der Waals surface area (Å²) < 4.78 is 19.9. The first-order valence-electron chi connectivity index (χ1n) is 13.4. The lowest BCUT2D eigenvalue weighted by Crippen LogP contribution is -2.31. The number of carbonyl (C=O) groups excluding carboxylic acids is 1. The lowest BCUT2D eigenvalue weighted by molar-refractivity contribution is -0.119. The van der Waals surface area contributed by atoms with Crippen LogP contribution in [-0.4, -0.2) is 45.9 Å². The van der Waals surface area contributed by atoms with E-state index in [2.05, 4.69) is 20.4 Å². The monoisotopic (exact) mass is 545 g/mol. The Labute approximate surface area is 229 Å². The number of hydrogen-bond donors (Lipinski definition) is 3. The normalized spacial score (nSPS) is 17.8. The molecule has 0 bridgehead atoms. The molecule has 1 aliphatic carbocycles. The summed E-state index contributed by atoms with van der Waals surface area (Å²) in [4.78, 5) is 33.4. The number of amides is 1. The van der Waals surface area contributed by atoms with Gasteiger partial charge in [0.2, 0.25) is 11.9 Å². The third-order valence-electron chi connectivity index (χ3n) is 7.98. The Morgan fingerprint density at radius 3 is 2.55 bits per heavy atom. The van der Waals surface area contributed by atoms with Crippen molar-refractivity contribution in [3.63, 3.8) is 0 Å². The number of pyridine rings is 1. The Morgan fingerprint density at radius 2 is 1.93 bits per heavy atom. The quantitative estimate of drug-likeness (QED) is 0.309. The molecule has 1 amide bonds. The van der Waals surface area contributed by atoms with Gasteiger partial charge in [-0.2, -0.15) is 4.39 Å². The highest BCUT2D eigenvalue weighted by molar-refractivity contribution is 6.14. The molecule has 6 rings (SSSR count). The van der Waals surface area contributed by atoms with Gasteiger partial charge in [-0.1, -0.05) is 24.3 Å². The zero-order valence-electron chi connectivity index (χ0n) is 23.1. The van der Waals surface area contributed by atoms with Crippen molar-refractivity contribution in [2.75, 3.05) is 0 Å². The van der Waals surface area contributed by atoms with Crippen molar-refractivity contribution in [3.05, 3.63) is 58.7 Å². The number of aliphatic hydroxyl groups is 1. The second-order valence-electron chi connectivity index (χ2n) is 11.3. The molecular weight excluding hydrogens is 513 g/mol. The lowest BCUT2D eigenvalue weighted by atomic mass is 9.94. The van der Waals surface area contributed by atoms with Gasteiger partial charge in [-0.05, 0) is 44.2 Å². The molecule has 3 N–H and O–H groups in total. The molecule has 0 saturated heterocycles. The highest BCUT2D eigenvalue weighted by Crippen LogP contribution is 2.43. The average molecular weight is 546 g/mol. The summed E-state index contributed by atoms with van der Waals surface area (Å²) in [6, 6.07) is 7.33. The zero-order valence-corrected chi connectivity index (χ0v) is 23.1. The van der Waals surface area contributed by atoms with Crippen molar-refractivity contribution in [2.24, 2.45) is 14.1 Å². The SMILES string of the molecule is CC(=O)N[C@@H]1CC[C@@H](n2c(=O)n(C)c3cnc4[nH]c(-c5cn(C)nc5F)c(-c5ccc(C(C)(C)O)cc5)c4c32)C1. The number of halogens is 1. The van der Waals surface area contributed by atoms with E-state index in [0.717, 1.165) is 24.0 Å². The zero-order chi connectivity index (χ0) is 28.5. The molecule has 4 heterocycles. The summed E-state index contributed by atoms with van der Waals surface area (Å²) in [5, 5.41) is 18.1. The molecule has 40 heavy (non-hydrogen) atoms. The van der Waals surface area contributed by atoms with Crippen molar-refractivity contribution in [2.45, 2.75) is 57.7 Å². The summed E-state index contributed by atoms with van der Waals surface area (Å²) in [5.41, 5.74) is 3.67. The molecule has 0 unspecified atom stereocenters. The molecule has 1 fully saturated rings. The van der Waals surface area contributed by atoms with Crippen molar-refractivity contribution in [3.8, 4) is 22.4 Å². The summed E-state index contributed by atoms with van der Waals surface area (Å²) >= 11 is 0. The van der Waals surface area contributed by atoms with Gasteiger partial charge in [0.25, 0.3) is 0 Å². The van der Waals surface area contributed by atoms with Crippen molar-refractivity contribution >= 4 is 28.0 Å². The Morgan fingerprint density at radius 1 is 1.20 bits per heavy atom. The van der Waals surface area contributed by atoms with E-state index in [1.807, 2.05) is 28.8 Å². The number of aryl methyl sites for hydroxylation is 2. The van der Waals surface area contributed by atoms with Gasteiger partial charge in [0.15, 0.2) is 0 Å². The predicted octanol–water partition coefficient (Wildman–Crippen LogP) is 3.88. The van der Waals surface area contributed by atoms with Crippen LogP contribution in [0.25, 0.3) is 44.5 Å². The van der Waals surface area contributed by atoms with Gasteiger partial charge >= 0.3 is 5.69 Å². The largest absolute Gasteiger partial charge is 0.386 e. The molecule has 10 nitrogen and oxygen atoms in total. The number of H-pyrrole nitrogens is 1. The minimum absolute atomic E-state index is 0.0119. The summed E-state index contributed by atoms with van der Waals surface area (Å²) in [5.74, 6) is -0.716. The first kappa shape index (κ1) is 26.0. The van der Waals surface area contributed by atoms with Gasteiger partial charge in [0.1, 0.15) is 5.65 Å². The summed E-state index contributed by atoms with van der Waals surface area (Å²) in [6.45, 7) is 4.94. The standard InChI is InChI=1S/C29H32FN7O3/c1-15(38)32-18-10-11-19(12-18)37-25-21(36(5)28(37)39)13-31-27-23(25)22(16-6-8-17(9-7-16)29(2,3)40)24(33-27)20-14-35(4)34-26(20)30/h6-9,13-14,18-19,40H,10-12H2,1-5H3,(H,31,33)(H,32,38)/t18-,19-/m1/s1. The van der Waals surface area contributed by atoms with Crippen LogP contribution in [-0.2, 0) is 24.5 Å². The smallest absolute Gasteiger partial charge is 0.329 e. The van der Waals surface area contributed by atoms with Crippen LogP contribution in [0.1, 0.15) is 51.6 Å². The lowest BCUT2D eigenvalue weighted by Gasteiger charge is -2.18. The minimum Gasteiger partial charge on any atom is -0.386 e. The molecule has 0 aliphatic heterocycles. The topological polar surface area (TPSA) is 123 Å². The van der Waals surface area contributed by atoms with Gasteiger partial charge in [0.05, 0.1) is 39.5 Å². The highest BCUT2D eigenvalue weighted by Gasteiger charge is 2.32. The number of hydrogen-bond acceptors (Lipinski definition) is 5. The number of imidazole rings is 1. The second kappa shape index (κ2) is 9.16. The van der Waals surface area contributed by atoms with E-state index in [1.165, 1.54) is 11.6 Å². The van der Waals surface area contributed by atoms with E-state index in [4.69, 9.17) is 0 Å². The number of fused-ring (bicyclic) bond motifs is 3. The predicted molar refractivity (Wildman–Crippen MR) is 150 cm³/mol. The van der Waals surface area contributed by atoms with E-state index >= 15 is 4.39 Å². The maximum atomic E-state index is 15.1. The van der Waals surface area contributed by atoms with E-state index in [0.29, 0.717) is 39.7 Å². The van der Waals surface area contributed by atoms with Crippen molar-refractivity contribution < 1.29 is 14.3 Å². The van der Waals surface area contributed by atoms with Crippen molar-refractivity contribution in [1.82, 2.24) is 34.2 Å². The summed E-state index contributed by atoms with van der Waals surface area (Å²) in [6.07, 6.45) is 5.41. The Kier molecular flexibility index (Phi) is 5.95. The molecule has 11 heteroatoms. The first-order valence-corrected chi connectivity index (χ1v) is 13.4. The fraction of sp³-hybridized carbons (Fsp3) is 0.379. The molecule has 0 spiro atoms. The van der Waals surface area contributed by atoms with Crippen LogP contribution in [0.5, 0.6) is 0 Å². The fourth-order valence-corrected chi connectivity index (χ4v) is 6.09. The third-order valence-corrected chi connectivity index (χ3v) is 7.98. The van der Waals surface area contributed by atoms with Gasteiger partial charge < -0.3 is 15.4 Å². The second-order valence-corrected chi connectivity index (χ2v) is 11.3. The molecule has 1 saturated carbocycles. The number of nitrogens with one attached hydrogen (secondary N) is 2. The average Bonchev–Trinajstić information content (AvgIpc) is 3.63. The molecule has 208 valence electrons. The number of benzene rings is 1. The molecule has 2 atom stereocenters. The molecule has 1 aromatic carbocycles. The van der Waals surface area contributed by atoms with Gasteiger partial charge in [0, 0.05) is 44.9 Å². The van der Waals surface area contributed by atoms with E-state index in [1.54, 1.807) is 44.9 Å². The maximum Gasteiger partial charge on any atom is 0.329 e. The van der Waals surface area contributed by atoms with Crippen LogP contribution in [0.3, 0.4) is 0 Å². The first-order chi connectivity index (χ1) is 18.9. The number of aromatic nitrogens is 6. The van der Waals surface area contributed by atoms with Crippen LogP contribution in [0.2, 0.25) is 0 Å². The van der Waals surface area contributed by atoms with Gasteiger partial charge in [-0.15, -0.1) is 5.10 Å². The maximum absolute atomic E-state index is 15.1. The van der Waals surface area contributed by atoms with Crippen LogP contribution >= 0.6 is 0 Å². The van der Waals surface area contributed by atoms with Crippen LogP contribution in [0, 0.1) is 5.95 Å². The highest BCUT2D eigenvalue weighted by atomic mass is 19.1. The molecular formula is C29H32FN7O3. The Bertz CT molecular complexity index is 1840. The number of rotatable bonds is 5. The number of carbonyl (C=O) groups is 1. The minimum atomic E-state index is -1.03. The fourth-order valence-electron chi connectivity index (χ4n) is 6.09. The van der Waals surface area contributed by atoms with E-state index in [-0.39, 0.29) is 29.2 Å². The molecule has 1 aliphatic rings. The van der Waals surface area contributed by atoms with Crippen LogP contribution in [0.15, 0.2) is 41.5 Å². The van der Waals surface area contributed by atoms with Crippen LogP contribution in [0.4, 0.5) is 4.39 Å². The molecule has 5 aromatic rings. The Balaban J connectivity index is 1.66. The number of aromatic amines is 1. The van der Waals surface area contributed by atoms with Gasteiger partial charge in [-0.3, -0.25) is 18.6 Å². The van der Waals surface area contributed by atoms with Gasteiger partial charge in [-0.25, -0.2) is 9.78 Å². The van der Waals surface area contributed by atoms with E-state index in [9.17, 15) is 14.7 Å². The molecule has 0 radical (unpaired) electrons. The van der Waals surface area contributed by atoms with Crippen LogP contribution < -0.4 is 11.0 Å². The third kappa shape index (κ3) is 4.12. The summed E-state index contributed by atoms with van der Waals surface area (Å²) in [7, 11) is 3.38. The molecule has 4 aromatic heterocycles.